The van der Waals surface area contributed by atoms with Crippen LogP contribution in [0.1, 0.15) is 19.4 Å². The number of hydrogen-bond acceptors (Lipinski definition) is 5. The maximum atomic E-state index is 12.3. The van der Waals surface area contributed by atoms with Crippen LogP contribution < -0.4 is 9.47 Å². The molecule has 0 aromatic heterocycles. The van der Waals surface area contributed by atoms with Gasteiger partial charge in [0, 0.05) is 6.04 Å². The summed E-state index contributed by atoms with van der Waals surface area (Å²) in [4.78, 5) is 25.9. The number of methoxy groups -OCH3 is 1. The van der Waals surface area contributed by atoms with Crippen molar-refractivity contribution in [1.82, 2.24) is 4.90 Å². The van der Waals surface area contributed by atoms with E-state index < -0.39 is 0 Å². The number of thioether (sulfide) groups is 1. The van der Waals surface area contributed by atoms with Crippen LogP contribution in [0.5, 0.6) is 11.5 Å². The summed E-state index contributed by atoms with van der Waals surface area (Å²) in [6.07, 6.45) is 3.32. The van der Waals surface area contributed by atoms with Gasteiger partial charge in [0.25, 0.3) is 11.1 Å². The second-order valence-electron chi connectivity index (χ2n) is 5.28. The van der Waals surface area contributed by atoms with Gasteiger partial charge in [-0.3, -0.25) is 14.5 Å². The highest BCUT2D eigenvalue weighted by Gasteiger charge is 2.36. The molecule has 2 rings (SSSR count). The topological polar surface area (TPSA) is 55.8 Å². The van der Waals surface area contributed by atoms with Gasteiger partial charge in [0.05, 0.1) is 16.5 Å². The Morgan fingerprint density at radius 1 is 1.38 bits per heavy atom. The molecule has 0 radical (unpaired) electrons. The Hall–Kier alpha value is -1.73. The number of imide groups is 1. The fourth-order valence-electron chi connectivity index (χ4n) is 2.18. The highest BCUT2D eigenvalue weighted by atomic mass is 79.9. The van der Waals surface area contributed by atoms with Gasteiger partial charge in [-0.15, -0.1) is 0 Å². The Labute approximate surface area is 153 Å². The van der Waals surface area contributed by atoms with Gasteiger partial charge < -0.3 is 9.47 Å². The number of halogens is 1. The average Bonchev–Trinajstić information content (AvgIpc) is 2.79. The Kier molecular flexibility index (Phi) is 6.12. The fourth-order valence-corrected chi connectivity index (χ4v) is 3.72. The summed E-state index contributed by atoms with van der Waals surface area (Å²) < 4.78 is 11.6. The number of benzene rings is 1. The largest absolute Gasteiger partial charge is 0.493 e. The first-order chi connectivity index (χ1) is 11.4. The zero-order valence-corrected chi connectivity index (χ0v) is 16.1. The van der Waals surface area contributed by atoms with Crippen LogP contribution in [0, 0.1) is 0 Å². The van der Waals surface area contributed by atoms with Crippen molar-refractivity contribution in [1.29, 1.82) is 0 Å². The average molecular weight is 412 g/mol. The number of carbonyl (C=O) groups is 2. The fraction of sp³-hybridized carbons (Fsp3) is 0.294. The van der Waals surface area contributed by atoms with Crippen LogP contribution in [0.25, 0.3) is 6.08 Å². The van der Waals surface area contributed by atoms with Crippen molar-refractivity contribution in [2.24, 2.45) is 0 Å². The van der Waals surface area contributed by atoms with Crippen LogP contribution in [-0.2, 0) is 4.79 Å². The van der Waals surface area contributed by atoms with E-state index in [0.29, 0.717) is 27.5 Å². The second kappa shape index (κ2) is 7.90. The molecule has 7 heteroatoms. The van der Waals surface area contributed by atoms with Gasteiger partial charge in [-0.25, -0.2) is 0 Å². The van der Waals surface area contributed by atoms with Crippen LogP contribution in [0.3, 0.4) is 0 Å². The van der Waals surface area contributed by atoms with Gasteiger partial charge in [0.2, 0.25) is 0 Å². The lowest BCUT2D eigenvalue weighted by Crippen LogP contribution is -2.34. The molecule has 0 unspecified atom stereocenters. The van der Waals surface area contributed by atoms with E-state index in [-0.39, 0.29) is 17.2 Å². The summed E-state index contributed by atoms with van der Waals surface area (Å²) in [7, 11) is 1.54. The lowest BCUT2D eigenvalue weighted by molar-refractivity contribution is -0.123. The van der Waals surface area contributed by atoms with Crippen molar-refractivity contribution >= 4 is 44.9 Å². The van der Waals surface area contributed by atoms with E-state index in [1.54, 1.807) is 25.3 Å². The third-order valence-corrected chi connectivity index (χ3v) is 4.71. The minimum atomic E-state index is -0.276. The molecule has 2 amide bonds. The number of nitrogens with zero attached hydrogens (tertiary/aromatic N) is 1. The normalized spacial score (nSPS) is 16.2. The minimum Gasteiger partial charge on any atom is -0.493 e. The molecule has 0 saturated carbocycles. The molecule has 1 aliphatic rings. The van der Waals surface area contributed by atoms with Gasteiger partial charge in [-0.2, -0.15) is 0 Å². The Bertz CT molecular complexity index is 715. The highest BCUT2D eigenvalue weighted by Crippen LogP contribution is 2.39. The Morgan fingerprint density at radius 2 is 2.08 bits per heavy atom. The zero-order valence-electron chi connectivity index (χ0n) is 13.7. The summed E-state index contributed by atoms with van der Waals surface area (Å²) in [5.74, 6) is 0.812. The first-order valence-corrected chi connectivity index (χ1v) is 8.88. The Balaban J connectivity index is 2.36. The summed E-state index contributed by atoms with van der Waals surface area (Å²) >= 11 is 4.38. The van der Waals surface area contributed by atoms with Crippen molar-refractivity contribution in [2.75, 3.05) is 13.7 Å². The van der Waals surface area contributed by atoms with E-state index in [2.05, 4.69) is 22.5 Å². The molecule has 24 heavy (non-hydrogen) atoms. The van der Waals surface area contributed by atoms with E-state index >= 15 is 0 Å². The third-order valence-electron chi connectivity index (χ3n) is 3.24. The molecule has 128 valence electrons. The van der Waals surface area contributed by atoms with Crippen molar-refractivity contribution in [2.45, 2.75) is 19.9 Å². The van der Waals surface area contributed by atoms with Gasteiger partial charge in [-0.05, 0) is 65.3 Å². The first-order valence-electron chi connectivity index (χ1n) is 7.27. The number of rotatable bonds is 6. The molecule has 1 saturated heterocycles. The highest BCUT2D eigenvalue weighted by molar-refractivity contribution is 9.10. The number of carbonyl (C=O) groups excluding carboxylic acids is 2. The predicted molar refractivity (Wildman–Crippen MR) is 99.3 cm³/mol. The van der Waals surface area contributed by atoms with Crippen molar-refractivity contribution < 1.29 is 19.1 Å². The van der Waals surface area contributed by atoms with Gasteiger partial charge in [-0.1, -0.05) is 12.7 Å². The molecule has 0 N–H and O–H groups in total. The monoisotopic (exact) mass is 411 g/mol. The molecule has 1 aliphatic heterocycles. The van der Waals surface area contributed by atoms with Gasteiger partial charge in [0.1, 0.15) is 6.61 Å². The van der Waals surface area contributed by atoms with E-state index in [1.807, 2.05) is 19.9 Å². The molecule has 1 aromatic carbocycles. The molecular formula is C17H18BrNO4S. The van der Waals surface area contributed by atoms with Crippen LogP contribution in [0.4, 0.5) is 4.79 Å². The minimum absolute atomic E-state index is 0.167. The SMILES string of the molecule is C=CCOc1c(Br)cc(/C=C2\SC(=O)N(C(C)C)C2=O)cc1OC. The molecule has 1 fully saturated rings. The van der Waals surface area contributed by atoms with E-state index in [4.69, 9.17) is 9.47 Å². The molecular weight excluding hydrogens is 394 g/mol. The van der Waals surface area contributed by atoms with Crippen LogP contribution in [-0.4, -0.2) is 35.8 Å². The van der Waals surface area contributed by atoms with Gasteiger partial charge in [0.15, 0.2) is 11.5 Å². The first kappa shape index (κ1) is 18.6. The molecule has 1 heterocycles. The van der Waals surface area contributed by atoms with Crippen LogP contribution in [0.15, 0.2) is 34.2 Å². The lowest BCUT2D eigenvalue weighted by Gasteiger charge is -2.16. The summed E-state index contributed by atoms with van der Waals surface area (Å²) in [5, 5.41) is -0.252. The van der Waals surface area contributed by atoms with E-state index in [0.717, 1.165) is 17.3 Å². The summed E-state index contributed by atoms with van der Waals surface area (Å²) in [6.45, 7) is 7.59. The maximum Gasteiger partial charge on any atom is 0.293 e. The molecule has 0 spiro atoms. The molecule has 0 bridgehead atoms. The molecule has 5 nitrogen and oxygen atoms in total. The zero-order chi connectivity index (χ0) is 17.9. The maximum absolute atomic E-state index is 12.3. The van der Waals surface area contributed by atoms with Gasteiger partial charge >= 0.3 is 0 Å². The van der Waals surface area contributed by atoms with Crippen molar-refractivity contribution in [3.8, 4) is 11.5 Å². The van der Waals surface area contributed by atoms with Crippen molar-refractivity contribution in [3.63, 3.8) is 0 Å². The number of hydrogen-bond donors (Lipinski definition) is 0. The molecule has 0 aliphatic carbocycles. The summed E-state index contributed by atoms with van der Waals surface area (Å²) in [5.41, 5.74) is 0.735. The third kappa shape index (κ3) is 3.84. The smallest absolute Gasteiger partial charge is 0.293 e. The second-order valence-corrected chi connectivity index (χ2v) is 7.13. The van der Waals surface area contributed by atoms with Crippen LogP contribution >= 0.6 is 27.7 Å². The Morgan fingerprint density at radius 3 is 2.62 bits per heavy atom. The standard InChI is InChI=1S/C17H18BrNO4S/c1-5-6-23-15-12(18)7-11(8-13(15)22-4)9-14-16(20)19(10(2)3)17(21)24-14/h5,7-10H,1,6H2,2-4H3/b14-9-. The number of ether oxygens (including phenoxy) is 2. The quantitative estimate of drug-likeness (QED) is 0.510. The lowest BCUT2D eigenvalue weighted by atomic mass is 10.1. The van der Waals surface area contributed by atoms with Crippen LogP contribution in [0.2, 0.25) is 0 Å². The van der Waals surface area contributed by atoms with E-state index in [9.17, 15) is 9.59 Å². The van der Waals surface area contributed by atoms with Crippen molar-refractivity contribution in [3.05, 3.63) is 39.7 Å². The molecule has 1 aromatic rings. The predicted octanol–water partition coefficient (Wildman–Crippen LogP) is 4.47. The number of amides is 2. The van der Waals surface area contributed by atoms with E-state index in [1.165, 1.54) is 4.90 Å². The summed E-state index contributed by atoms with van der Waals surface area (Å²) in [6, 6.07) is 3.40. The molecule has 0 atom stereocenters.